The summed E-state index contributed by atoms with van der Waals surface area (Å²) in [6.45, 7) is 1.78. The standard InChI is InChI=1S/C18H24N2/c1-20(13-14-6-2-3-7-14)18-11-10-15(12-19)16-8-4-5-9-17(16)18/h4-5,8-11,14H,2-3,6-7,12-13,19H2,1H3. The molecule has 0 radical (unpaired) electrons. The molecule has 2 aromatic rings. The van der Waals surface area contributed by atoms with E-state index in [0.29, 0.717) is 6.54 Å². The van der Waals surface area contributed by atoms with Crippen molar-refractivity contribution in [2.75, 3.05) is 18.5 Å². The van der Waals surface area contributed by atoms with Crippen molar-refractivity contribution in [3.63, 3.8) is 0 Å². The van der Waals surface area contributed by atoms with E-state index in [-0.39, 0.29) is 0 Å². The lowest BCUT2D eigenvalue weighted by molar-refractivity contribution is 0.547. The highest BCUT2D eigenvalue weighted by Crippen LogP contribution is 2.31. The lowest BCUT2D eigenvalue weighted by Gasteiger charge is -2.25. The molecule has 0 unspecified atom stereocenters. The van der Waals surface area contributed by atoms with Crippen molar-refractivity contribution in [1.82, 2.24) is 0 Å². The first-order valence-electron chi connectivity index (χ1n) is 7.71. The Hall–Kier alpha value is -1.54. The van der Waals surface area contributed by atoms with Gasteiger partial charge in [0.1, 0.15) is 0 Å². The zero-order valence-corrected chi connectivity index (χ0v) is 12.3. The van der Waals surface area contributed by atoms with Crippen molar-refractivity contribution in [2.45, 2.75) is 32.2 Å². The molecule has 0 aromatic heterocycles. The molecule has 20 heavy (non-hydrogen) atoms. The predicted molar refractivity (Wildman–Crippen MR) is 87.1 cm³/mol. The van der Waals surface area contributed by atoms with Gasteiger partial charge in [-0.05, 0) is 35.8 Å². The molecule has 1 fully saturated rings. The monoisotopic (exact) mass is 268 g/mol. The minimum Gasteiger partial charge on any atom is -0.374 e. The summed E-state index contributed by atoms with van der Waals surface area (Å²) in [5.74, 6) is 0.868. The Kier molecular flexibility index (Phi) is 3.93. The first-order chi connectivity index (χ1) is 9.79. The van der Waals surface area contributed by atoms with Gasteiger partial charge in [-0.3, -0.25) is 0 Å². The summed E-state index contributed by atoms with van der Waals surface area (Å²) in [6, 6.07) is 13.0. The fourth-order valence-electron chi connectivity index (χ4n) is 3.54. The molecule has 2 nitrogen and oxygen atoms in total. The molecule has 0 saturated heterocycles. The first-order valence-corrected chi connectivity index (χ1v) is 7.71. The van der Waals surface area contributed by atoms with E-state index in [1.54, 1.807) is 0 Å². The van der Waals surface area contributed by atoms with Crippen LogP contribution in [0.1, 0.15) is 31.2 Å². The maximum atomic E-state index is 5.86. The second-order valence-electron chi connectivity index (χ2n) is 6.02. The molecule has 0 aliphatic heterocycles. The highest BCUT2D eigenvalue weighted by Gasteiger charge is 2.18. The molecule has 1 aliphatic carbocycles. The van der Waals surface area contributed by atoms with E-state index in [1.165, 1.54) is 54.3 Å². The number of rotatable bonds is 4. The number of anilines is 1. The van der Waals surface area contributed by atoms with Crippen LogP contribution in [0.5, 0.6) is 0 Å². The molecule has 0 spiro atoms. The topological polar surface area (TPSA) is 29.3 Å². The normalized spacial score (nSPS) is 15.9. The van der Waals surface area contributed by atoms with Crippen molar-refractivity contribution in [1.29, 1.82) is 0 Å². The summed E-state index contributed by atoms with van der Waals surface area (Å²) in [4.78, 5) is 2.43. The Morgan fingerprint density at radius 1 is 1.05 bits per heavy atom. The molecule has 1 aliphatic rings. The van der Waals surface area contributed by atoms with E-state index in [0.717, 1.165) is 5.92 Å². The molecule has 106 valence electrons. The Morgan fingerprint density at radius 3 is 2.45 bits per heavy atom. The van der Waals surface area contributed by atoms with Crippen LogP contribution in [0.2, 0.25) is 0 Å². The number of fused-ring (bicyclic) bond motifs is 1. The van der Waals surface area contributed by atoms with Gasteiger partial charge in [-0.1, -0.05) is 43.2 Å². The third-order valence-electron chi connectivity index (χ3n) is 4.63. The Morgan fingerprint density at radius 2 is 1.75 bits per heavy atom. The van der Waals surface area contributed by atoms with Crippen LogP contribution in [0, 0.1) is 5.92 Å². The SMILES string of the molecule is CN(CC1CCCC1)c1ccc(CN)c2ccccc12. The zero-order chi connectivity index (χ0) is 13.9. The number of hydrogen-bond donors (Lipinski definition) is 1. The summed E-state index contributed by atoms with van der Waals surface area (Å²) in [6.07, 6.45) is 5.60. The minimum absolute atomic E-state index is 0.604. The molecule has 1 saturated carbocycles. The fourth-order valence-corrected chi connectivity index (χ4v) is 3.54. The van der Waals surface area contributed by atoms with Crippen LogP contribution in [0.15, 0.2) is 36.4 Å². The molecular weight excluding hydrogens is 244 g/mol. The molecule has 0 heterocycles. The zero-order valence-electron chi connectivity index (χ0n) is 12.3. The molecule has 0 bridgehead atoms. The van der Waals surface area contributed by atoms with E-state index in [1.807, 2.05) is 0 Å². The van der Waals surface area contributed by atoms with E-state index in [9.17, 15) is 0 Å². The quantitative estimate of drug-likeness (QED) is 0.910. The van der Waals surface area contributed by atoms with Crippen molar-refractivity contribution in [3.05, 3.63) is 42.0 Å². The maximum absolute atomic E-state index is 5.86. The van der Waals surface area contributed by atoms with E-state index in [2.05, 4.69) is 48.3 Å². The second-order valence-corrected chi connectivity index (χ2v) is 6.02. The van der Waals surface area contributed by atoms with Crippen molar-refractivity contribution < 1.29 is 0 Å². The van der Waals surface area contributed by atoms with E-state index < -0.39 is 0 Å². The molecule has 2 aromatic carbocycles. The molecule has 2 heteroatoms. The van der Waals surface area contributed by atoms with Crippen LogP contribution < -0.4 is 10.6 Å². The van der Waals surface area contributed by atoms with Crippen LogP contribution in [0.3, 0.4) is 0 Å². The van der Waals surface area contributed by atoms with Crippen molar-refractivity contribution in [3.8, 4) is 0 Å². The highest BCUT2D eigenvalue weighted by molar-refractivity contribution is 5.96. The van der Waals surface area contributed by atoms with Gasteiger partial charge >= 0.3 is 0 Å². The van der Waals surface area contributed by atoms with Crippen LogP contribution in [0.25, 0.3) is 10.8 Å². The van der Waals surface area contributed by atoms with Gasteiger partial charge in [-0.15, -0.1) is 0 Å². The van der Waals surface area contributed by atoms with E-state index in [4.69, 9.17) is 5.73 Å². The minimum atomic E-state index is 0.604. The highest BCUT2D eigenvalue weighted by atomic mass is 15.1. The average Bonchev–Trinajstić information content (AvgIpc) is 2.99. The third kappa shape index (κ3) is 2.53. The molecule has 2 N–H and O–H groups in total. The van der Waals surface area contributed by atoms with Gasteiger partial charge in [-0.25, -0.2) is 0 Å². The fraction of sp³-hybridized carbons (Fsp3) is 0.444. The number of hydrogen-bond acceptors (Lipinski definition) is 2. The van der Waals surface area contributed by atoms with E-state index >= 15 is 0 Å². The Balaban J connectivity index is 1.94. The summed E-state index contributed by atoms with van der Waals surface area (Å²) in [7, 11) is 2.22. The Labute approximate surface area is 121 Å². The van der Waals surface area contributed by atoms with Crippen LogP contribution in [-0.4, -0.2) is 13.6 Å². The van der Waals surface area contributed by atoms with Gasteiger partial charge in [0.15, 0.2) is 0 Å². The molecule has 0 atom stereocenters. The largest absolute Gasteiger partial charge is 0.374 e. The van der Waals surface area contributed by atoms with Crippen molar-refractivity contribution in [2.24, 2.45) is 11.7 Å². The van der Waals surface area contributed by atoms with Gasteiger partial charge in [0, 0.05) is 31.2 Å². The summed E-state index contributed by atoms with van der Waals surface area (Å²) in [5, 5.41) is 2.63. The first kappa shape index (κ1) is 13.4. The summed E-state index contributed by atoms with van der Waals surface area (Å²) >= 11 is 0. The molecular formula is C18H24N2. The number of nitrogens with zero attached hydrogens (tertiary/aromatic N) is 1. The predicted octanol–water partition coefficient (Wildman–Crippen LogP) is 3.92. The van der Waals surface area contributed by atoms with Gasteiger partial charge in [0.2, 0.25) is 0 Å². The lowest BCUT2D eigenvalue weighted by Crippen LogP contribution is -2.24. The maximum Gasteiger partial charge on any atom is 0.0443 e. The summed E-state index contributed by atoms with van der Waals surface area (Å²) < 4.78 is 0. The second kappa shape index (κ2) is 5.84. The average molecular weight is 268 g/mol. The molecule has 0 amide bonds. The van der Waals surface area contributed by atoms with Crippen LogP contribution >= 0.6 is 0 Å². The number of benzene rings is 2. The Bertz CT molecular complexity index is 585. The van der Waals surface area contributed by atoms with Gasteiger partial charge in [0.25, 0.3) is 0 Å². The van der Waals surface area contributed by atoms with Crippen LogP contribution in [0.4, 0.5) is 5.69 Å². The van der Waals surface area contributed by atoms with Crippen LogP contribution in [-0.2, 0) is 6.54 Å². The molecule has 3 rings (SSSR count). The van der Waals surface area contributed by atoms with Crippen molar-refractivity contribution >= 4 is 16.5 Å². The van der Waals surface area contributed by atoms with Gasteiger partial charge in [-0.2, -0.15) is 0 Å². The van der Waals surface area contributed by atoms with Gasteiger partial charge < -0.3 is 10.6 Å². The van der Waals surface area contributed by atoms with Gasteiger partial charge in [0.05, 0.1) is 0 Å². The lowest BCUT2D eigenvalue weighted by atomic mass is 10.0. The number of nitrogens with two attached hydrogens (primary N) is 1. The smallest absolute Gasteiger partial charge is 0.0443 e. The summed E-state index contributed by atoms with van der Waals surface area (Å²) in [5.41, 5.74) is 8.43. The third-order valence-corrected chi connectivity index (χ3v) is 4.63.